The predicted octanol–water partition coefficient (Wildman–Crippen LogP) is 0.723. The molecule has 1 aliphatic heterocycles. The molecule has 1 fully saturated rings. The Morgan fingerprint density at radius 1 is 1.36 bits per heavy atom. The fourth-order valence-electron chi connectivity index (χ4n) is 1.31. The molecule has 3 N–H and O–H groups in total. The monoisotopic (exact) mass is 164 g/mol. The van der Waals surface area contributed by atoms with Crippen LogP contribution in [0.2, 0.25) is 0 Å². The van der Waals surface area contributed by atoms with Gasteiger partial charge in [-0.3, -0.25) is 0 Å². The molecule has 1 aliphatic rings. The number of nitrogens with one attached hydrogen (secondary N) is 1. The van der Waals surface area contributed by atoms with Crippen molar-refractivity contribution in [3.05, 3.63) is 0 Å². The molecule has 0 aromatic heterocycles. The van der Waals surface area contributed by atoms with E-state index in [1.807, 2.05) is 0 Å². The second-order valence-electron chi connectivity index (χ2n) is 3.29. The highest BCUT2D eigenvalue weighted by Crippen LogP contribution is 2.32. The summed E-state index contributed by atoms with van der Waals surface area (Å²) in [5.41, 5.74) is 4.27. The summed E-state index contributed by atoms with van der Waals surface area (Å²) in [6, 6.07) is 0. The first-order valence-electron chi connectivity index (χ1n) is 3.83. The highest BCUT2D eigenvalue weighted by molar-refractivity contribution is 4.98. The van der Waals surface area contributed by atoms with Crippen LogP contribution in [0.15, 0.2) is 0 Å². The molecule has 0 spiro atoms. The summed E-state index contributed by atoms with van der Waals surface area (Å²) >= 11 is 0. The second-order valence-corrected chi connectivity index (χ2v) is 3.29. The number of hydrogen-bond donors (Lipinski definition) is 2. The van der Waals surface area contributed by atoms with Crippen LogP contribution >= 0.6 is 0 Å². The Balaban J connectivity index is 2.64. The fraction of sp³-hybridized carbons (Fsp3) is 1.00. The third kappa shape index (κ3) is 1.68. The van der Waals surface area contributed by atoms with Crippen molar-refractivity contribution in [1.82, 2.24) is 5.32 Å². The van der Waals surface area contributed by atoms with Crippen molar-refractivity contribution in [3.8, 4) is 0 Å². The third-order valence-electron chi connectivity index (χ3n) is 2.37. The summed E-state index contributed by atoms with van der Waals surface area (Å²) in [5.74, 6) is -2.75. The summed E-state index contributed by atoms with van der Waals surface area (Å²) in [6.07, 6.45) is 0.715. The van der Waals surface area contributed by atoms with E-state index >= 15 is 0 Å². The summed E-state index contributed by atoms with van der Waals surface area (Å²) in [7, 11) is 0. The highest BCUT2D eigenvalue weighted by Gasteiger charge is 2.46. The fourth-order valence-corrected chi connectivity index (χ4v) is 1.31. The molecule has 1 rings (SSSR count). The van der Waals surface area contributed by atoms with Crippen LogP contribution in [0.3, 0.4) is 0 Å². The van der Waals surface area contributed by atoms with E-state index in [4.69, 9.17) is 5.73 Å². The number of rotatable bonds is 1. The van der Waals surface area contributed by atoms with Gasteiger partial charge in [-0.25, -0.2) is 8.78 Å². The van der Waals surface area contributed by atoms with E-state index in [1.54, 1.807) is 0 Å². The molecule has 0 aromatic carbocycles. The Hall–Kier alpha value is -0.220. The minimum absolute atomic E-state index is 0.358. The smallest absolute Gasteiger partial charge is 0.263 e. The Morgan fingerprint density at radius 2 is 1.82 bits per heavy atom. The molecule has 2 nitrogen and oxygen atoms in total. The van der Waals surface area contributed by atoms with Gasteiger partial charge < -0.3 is 11.1 Å². The predicted molar refractivity (Wildman–Crippen MR) is 39.6 cm³/mol. The van der Waals surface area contributed by atoms with Crippen molar-refractivity contribution < 1.29 is 8.78 Å². The number of halogens is 2. The molecule has 0 amide bonds. The summed E-state index contributed by atoms with van der Waals surface area (Å²) in [6.45, 7) is 2.10. The Kier molecular flexibility index (Phi) is 2.16. The van der Waals surface area contributed by atoms with Crippen molar-refractivity contribution in [2.24, 2.45) is 5.73 Å². The first-order chi connectivity index (χ1) is 4.96. The Labute approximate surface area is 65.1 Å². The molecule has 4 heteroatoms. The SMILES string of the molecule is CC(F)(F)C1(N)CCNCC1. The Bertz CT molecular complexity index is 136. The van der Waals surface area contributed by atoms with Gasteiger partial charge in [0.05, 0.1) is 5.54 Å². The van der Waals surface area contributed by atoms with Crippen molar-refractivity contribution >= 4 is 0 Å². The third-order valence-corrected chi connectivity index (χ3v) is 2.37. The first-order valence-corrected chi connectivity index (χ1v) is 3.83. The zero-order valence-corrected chi connectivity index (χ0v) is 6.66. The van der Waals surface area contributed by atoms with E-state index in [0.29, 0.717) is 25.9 Å². The van der Waals surface area contributed by atoms with Gasteiger partial charge in [-0.05, 0) is 25.9 Å². The summed E-state index contributed by atoms with van der Waals surface area (Å²) < 4.78 is 25.7. The van der Waals surface area contributed by atoms with Gasteiger partial charge in [-0.2, -0.15) is 0 Å². The van der Waals surface area contributed by atoms with Gasteiger partial charge in [0.2, 0.25) is 0 Å². The van der Waals surface area contributed by atoms with E-state index < -0.39 is 11.5 Å². The molecule has 1 heterocycles. The normalized spacial score (nSPS) is 25.1. The lowest BCUT2D eigenvalue weighted by atomic mass is 9.84. The topological polar surface area (TPSA) is 38.0 Å². The van der Waals surface area contributed by atoms with Gasteiger partial charge in [0.1, 0.15) is 0 Å². The molecular weight excluding hydrogens is 150 g/mol. The maximum Gasteiger partial charge on any atom is 0.263 e. The lowest BCUT2D eigenvalue weighted by Gasteiger charge is -2.38. The van der Waals surface area contributed by atoms with Crippen LogP contribution in [-0.2, 0) is 0 Å². The van der Waals surface area contributed by atoms with Crippen molar-refractivity contribution in [3.63, 3.8) is 0 Å². The molecule has 66 valence electrons. The highest BCUT2D eigenvalue weighted by atomic mass is 19.3. The Morgan fingerprint density at radius 3 is 2.09 bits per heavy atom. The van der Waals surface area contributed by atoms with Crippen LogP contribution in [0, 0.1) is 0 Å². The van der Waals surface area contributed by atoms with Gasteiger partial charge in [-0.1, -0.05) is 0 Å². The zero-order valence-electron chi connectivity index (χ0n) is 6.66. The van der Waals surface area contributed by atoms with Crippen LogP contribution in [-0.4, -0.2) is 24.6 Å². The summed E-state index contributed by atoms with van der Waals surface area (Å²) in [4.78, 5) is 0. The maximum absolute atomic E-state index is 12.8. The average molecular weight is 164 g/mol. The molecule has 0 unspecified atom stereocenters. The molecule has 0 bridgehead atoms. The van der Waals surface area contributed by atoms with Gasteiger partial charge in [0.15, 0.2) is 0 Å². The second kappa shape index (κ2) is 2.68. The lowest BCUT2D eigenvalue weighted by Crippen LogP contribution is -2.59. The van der Waals surface area contributed by atoms with Gasteiger partial charge in [0.25, 0.3) is 5.92 Å². The van der Waals surface area contributed by atoms with Crippen molar-refractivity contribution in [1.29, 1.82) is 0 Å². The van der Waals surface area contributed by atoms with Crippen LogP contribution in [0.1, 0.15) is 19.8 Å². The van der Waals surface area contributed by atoms with Crippen molar-refractivity contribution in [2.75, 3.05) is 13.1 Å². The van der Waals surface area contributed by atoms with Gasteiger partial charge >= 0.3 is 0 Å². The van der Waals surface area contributed by atoms with Crippen LogP contribution < -0.4 is 11.1 Å². The van der Waals surface area contributed by atoms with E-state index in [9.17, 15) is 8.78 Å². The minimum Gasteiger partial charge on any atom is -0.320 e. The molecule has 1 saturated heterocycles. The molecule has 0 aliphatic carbocycles. The van der Waals surface area contributed by atoms with Gasteiger partial charge in [-0.15, -0.1) is 0 Å². The molecule has 0 atom stereocenters. The van der Waals surface area contributed by atoms with E-state index in [-0.39, 0.29) is 0 Å². The van der Waals surface area contributed by atoms with Gasteiger partial charge in [0, 0.05) is 6.92 Å². The quantitative estimate of drug-likeness (QED) is 0.599. The van der Waals surface area contributed by atoms with Crippen molar-refractivity contribution in [2.45, 2.75) is 31.2 Å². The minimum atomic E-state index is -2.75. The number of hydrogen-bond acceptors (Lipinski definition) is 2. The molecule has 0 aromatic rings. The zero-order chi connectivity index (χ0) is 8.54. The maximum atomic E-state index is 12.8. The molecule has 0 saturated carbocycles. The number of alkyl halides is 2. The first kappa shape index (κ1) is 8.87. The molecule has 11 heavy (non-hydrogen) atoms. The summed E-state index contributed by atoms with van der Waals surface area (Å²) in [5, 5.41) is 3.00. The van der Waals surface area contributed by atoms with Crippen LogP contribution in [0.5, 0.6) is 0 Å². The largest absolute Gasteiger partial charge is 0.320 e. The number of nitrogens with two attached hydrogens (primary N) is 1. The van der Waals surface area contributed by atoms with E-state index in [2.05, 4.69) is 5.32 Å². The van der Waals surface area contributed by atoms with Crippen LogP contribution in [0.4, 0.5) is 8.78 Å². The van der Waals surface area contributed by atoms with E-state index in [0.717, 1.165) is 6.92 Å². The lowest BCUT2D eigenvalue weighted by molar-refractivity contribution is -0.0687. The standard InChI is InChI=1S/C7H14F2N2/c1-6(8,9)7(10)2-4-11-5-3-7/h11H,2-5,10H2,1H3. The van der Waals surface area contributed by atoms with Crippen LogP contribution in [0.25, 0.3) is 0 Å². The average Bonchev–Trinajstić information content (AvgIpc) is 1.87. The molecule has 0 radical (unpaired) electrons. The number of piperidine rings is 1. The molecular formula is C7H14F2N2. The van der Waals surface area contributed by atoms with E-state index in [1.165, 1.54) is 0 Å².